The van der Waals surface area contributed by atoms with Gasteiger partial charge >= 0.3 is 6.09 Å². The molecule has 1 aromatic heterocycles. The van der Waals surface area contributed by atoms with Crippen LogP contribution >= 0.6 is 0 Å². The minimum Gasteiger partial charge on any atom is -0.445 e. The molecular weight excluding hydrogens is 406 g/mol. The molecule has 1 aliphatic heterocycles. The minimum atomic E-state index is -0.377. The number of ether oxygens (including phenoxy) is 1. The fraction of sp³-hybridized carbons (Fsp3) is 0.320. The highest BCUT2D eigenvalue weighted by molar-refractivity contribution is 5.99. The van der Waals surface area contributed by atoms with Crippen molar-refractivity contribution >= 4 is 17.7 Å². The molecule has 0 aliphatic carbocycles. The number of fused-ring (bicyclic) bond motifs is 1. The Morgan fingerprint density at radius 3 is 2.81 bits per heavy atom. The van der Waals surface area contributed by atoms with Crippen LogP contribution in [0.4, 0.5) is 10.5 Å². The molecule has 1 aliphatic rings. The van der Waals surface area contributed by atoms with E-state index in [0.717, 1.165) is 40.8 Å². The Labute approximate surface area is 187 Å². The highest BCUT2D eigenvalue weighted by Crippen LogP contribution is 2.33. The monoisotopic (exact) mass is 433 g/mol. The lowest BCUT2D eigenvalue weighted by atomic mass is 10.00. The Morgan fingerprint density at radius 1 is 1.22 bits per heavy atom. The number of unbranched alkanes of at least 4 members (excludes halogenated alkanes) is 1. The Bertz CT molecular complexity index is 1110. The van der Waals surface area contributed by atoms with Gasteiger partial charge in [-0.2, -0.15) is 0 Å². The number of benzene rings is 2. The largest absolute Gasteiger partial charge is 0.445 e. The Hall–Kier alpha value is -3.61. The third-order valence-electron chi connectivity index (χ3n) is 5.54. The second-order valence-electron chi connectivity index (χ2n) is 7.97. The maximum Gasteiger partial charge on any atom is 0.410 e. The first-order valence-electron chi connectivity index (χ1n) is 10.9. The van der Waals surface area contributed by atoms with Gasteiger partial charge in [0, 0.05) is 17.8 Å². The molecular formula is C25H27N3O4. The lowest BCUT2D eigenvalue weighted by Gasteiger charge is -2.21. The van der Waals surface area contributed by atoms with Gasteiger partial charge in [-0.15, -0.1) is 0 Å². The average Bonchev–Trinajstić information content (AvgIpc) is 3.35. The van der Waals surface area contributed by atoms with Gasteiger partial charge in [-0.05, 0) is 42.2 Å². The van der Waals surface area contributed by atoms with Crippen LogP contribution in [-0.4, -0.2) is 28.6 Å². The van der Waals surface area contributed by atoms with E-state index in [1.54, 1.807) is 4.90 Å². The molecule has 2 heterocycles. The SMILES string of the molecule is CCCCN(Cc1noc(C)c1-c1ccc2c(c1)CC(=O)N2)C(=O)OCc1ccccc1. The zero-order chi connectivity index (χ0) is 22.5. The number of aryl methyl sites for hydroxylation is 1. The second-order valence-corrected chi connectivity index (χ2v) is 7.97. The van der Waals surface area contributed by atoms with Crippen molar-refractivity contribution < 1.29 is 18.8 Å². The maximum absolute atomic E-state index is 12.9. The summed E-state index contributed by atoms with van der Waals surface area (Å²) in [5.74, 6) is 0.664. The summed E-state index contributed by atoms with van der Waals surface area (Å²) in [6.07, 6.45) is 1.80. The number of hydrogen-bond acceptors (Lipinski definition) is 5. The molecule has 7 nitrogen and oxygen atoms in total. The van der Waals surface area contributed by atoms with Gasteiger partial charge in [0.25, 0.3) is 0 Å². The summed E-state index contributed by atoms with van der Waals surface area (Å²) in [6.45, 7) is 5.01. The van der Waals surface area contributed by atoms with Crippen LogP contribution in [0.25, 0.3) is 11.1 Å². The number of amides is 2. The number of nitrogens with one attached hydrogen (secondary N) is 1. The third-order valence-corrected chi connectivity index (χ3v) is 5.54. The fourth-order valence-electron chi connectivity index (χ4n) is 3.86. The van der Waals surface area contributed by atoms with Crippen molar-refractivity contribution in [3.8, 4) is 11.1 Å². The normalized spacial score (nSPS) is 12.4. The topological polar surface area (TPSA) is 84.7 Å². The molecule has 0 spiro atoms. The molecule has 2 aromatic carbocycles. The summed E-state index contributed by atoms with van der Waals surface area (Å²) in [5, 5.41) is 7.09. The number of nitrogens with zero attached hydrogens (tertiary/aromatic N) is 2. The third kappa shape index (κ3) is 4.82. The zero-order valence-corrected chi connectivity index (χ0v) is 18.4. The van der Waals surface area contributed by atoms with E-state index in [1.165, 1.54) is 0 Å². The van der Waals surface area contributed by atoms with E-state index < -0.39 is 0 Å². The average molecular weight is 434 g/mol. The van der Waals surface area contributed by atoms with E-state index in [9.17, 15) is 9.59 Å². The van der Waals surface area contributed by atoms with Crippen molar-refractivity contribution in [2.45, 2.75) is 46.3 Å². The van der Waals surface area contributed by atoms with Crippen LogP contribution in [0.1, 0.15) is 42.3 Å². The first-order valence-corrected chi connectivity index (χ1v) is 10.9. The van der Waals surface area contributed by atoms with Gasteiger partial charge in [-0.3, -0.25) is 4.79 Å². The minimum absolute atomic E-state index is 0.00804. The van der Waals surface area contributed by atoms with Gasteiger partial charge in [0.15, 0.2) is 0 Å². The van der Waals surface area contributed by atoms with Crippen LogP contribution in [0.15, 0.2) is 53.1 Å². The molecule has 0 atom stereocenters. The predicted octanol–water partition coefficient (Wildman–Crippen LogP) is 5.08. The summed E-state index contributed by atoms with van der Waals surface area (Å²) in [7, 11) is 0. The first-order chi connectivity index (χ1) is 15.5. The summed E-state index contributed by atoms with van der Waals surface area (Å²) in [4.78, 5) is 26.3. The molecule has 0 radical (unpaired) electrons. The quantitative estimate of drug-likeness (QED) is 0.535. The molecule has 166 valence electrons. The van der Waals surface area contributed by atoms with E-state index in [4.69, 9.17) is 9.26 Å². The lowest BCUT2D eigenvalue weighted by Crippen LogP contribution is -2.32. The number of rotatable bonds is 8. The number of carbonyl (C=O) groups is 2. The zero-order valence-electron chi connectivity index (χ0n) is 18.4. The smallest absolute Gasteiger partial charge is 0.410 e. The Kier molecular flexibility index (Phi) is 6.54. The second kappa shape index (κ2) is 9.68. The highest BCUT2D eigenvalue weighted by Gasteiger charge is 2.24. The van der Waals surface area contributed by atoms with Crippen LogP contribution in [0.3, 0.4) is 0 Å². The van der Waals surface area contributed by atoms with Gasteiger partial charge in [0.05, 0.1) is 13.0 Å². The van der Waals surface area contributed by atoms with Crippen LogP contribution in [0.2, 0.25) is 0 Å². The van der Waals surface area contributed by atoms with Crippen LogP contribution in [0.5, 0.6) is 0 Å². The van der Waals surface area contributed by atoms with Crippen molar-refractivity contribution in [3.63, 3.8) is 0 Å². The van der Waals surface area contributed by atoms with Gasteiger partial charge in [0.2, 0.25) is 5.91 Å². The van der Waals surface area contributed by atoms with E-state index in [0.29, 0.717) is 24.4 Å². The molecule has 3 aromatic rings. The lowest BCUT2D eigenvalue weighted by molar-refractivity contribution is -0.115. The summed E-state index contributed by atoms with van der Waals surface area (Å²) in [6, 6.07) is 15.4. The van der Waals surface area contributed by atoms with E-state index >= 15 is 0 Å². The first kappa shape index (κ1) is 21.6. The van der Waals surface area contributed by atoms with Gasteiger partial charge in [0.1, 0.15) is 18.1 Å². The van der Waals surface area contributed by atoms with Crippen LogP contribution in [0, 0.1) is 6.92 Å². The van der Waals surface area contributed by atoms with Crippen molar-refractivity contribution in [2.75, 3.05) is 11.9 Å². The van der Waals surface area contributed by atoms with Crippen molar-refractivity contribution in [2.24, 2.45) is 0 Å². The summed E-state index contributed by atoms with van der Waals surface area (Å²) in [5.41, 5.74) is 5.17. The molecule has 2 amide bonds. The van der Waals surface area contributed by atoms with Gasteiger partial charge in [-0.25, -0.2) is 4.79 Å². The molecule has 1 N–H and O–H groups in total. The van der Waals surface area contributed by atoms with E-state index in [1.807, 2.05) is 55.5 Å². The molecule has 0 unspecified atom stereocenters. The highest BCUT2D eigenvalue weighted by atomic mass is 16.6. The fourth-order valence-corrected chi connectivity index (χ4v) is 3.86. The molecule has 0 fully saturated rings. The standard InChI is InChI=1S/C25H27N3O4/c1-3-4-12-28(25(30)31-16-18-8-6-5-7-9-18)15-22-24(17(2)32-27-22)19-10-11-21-20(13-19)14-23(29)26-21/h5-11,13H,3-4,12,14-16H2,1-2H3,(H,26,29). The molecule has 0 saturated heterocycles. The molecule has 0 saturated carbocycles. The molecule has 4 rings (SSSR count). The Balaban J connectivity index is 1.53. The Morgan fingerprint density at radius 2 is 2.03 bits per heavy atom. The summed E-state index contributed by atoms with van der Waals surface area (Å²) >= 11 is 0. The van der Waals surface area contributed by atoms with Crippen molar-refractivity contribution in [3.05, 3.63) is 71.1 Å². The maximum atomic E-state index is 12.9. The molecule has 32 heavy (non-hydrogen) atoms. The van der Waals surface area contributed by atoms with Crippen LogP contribution in [-0.2, 0) is 29.1 Å². The van der Waals surface area contributed by atoms with Crippen molar-refractivity contribution in [1.82, 2.24) is 10.1 Å². The van der Waals surface area contributed by atoms with E-state index in [2.05, 4.69) is 17.4 Å². The van der Waals surface area contributed by atoms with Gasteiger partial charge < -0.3 is 19.5 Å². The number of carbonyl (C=O) groups excluding carboxylic acids is 2. The number of aromatic nitrogens is 1. The number of hydrogen-bond donors (Lipinski definition) is 1. The number of anilines is 1. The van der Waals surface area contributed by atoms with Crippen LogP contribution < -0.4 is 5.32 Å². The summed E-state index contributed by atoms with van der Waals surface area (Å²) < 4.78 is 11.1. The van der Waals surface area contributed by atoms with E-state index in [-0.39, 0.29) is 25.2 Å². The van der Waals surface area contributed by atoms with Crippen molar-refractivity contribution in [1.29, 1.82) is 0 Å². The molecule has 0 bridgehead atoms. The molecule has 7 heteroatoms. The van der Waals surface area contributed by atoms with Gasteiger partial charge in [-0.1, -0.05) is 54.9 Å². The predicted molar refractivity (Wildman–Crippen MR) is 121 cm³/mol.